The van der Waals surface area contributed by atoms with Crippen molar-refractivity contribution in [2.24, 2.45) is 7.05 Å². The predicted octanol–water partition coefficient (Wildman–Crippen LogP) is 2.30. The Morgan fingerprint density at radius 1 is 1.31 bits per heavy atom. The van der Waals surface area contributed by atoms with Gasteiger partial charge in [0.2, 0.25) is 0 Å². The molecule has 66 valence electrons. The van der Waals surface area contributed by atoms with Gasteiger partial charge in [0.25, 0.3) is 0 Å². The SMILES string of the molecule is Cn1ccc(=O)c2cccc(Br)c21. The van der Waals surface area contributed by atoms with E-state index in [0.717, 1.165) is 15.4 Å². The maximum Gasteiger partial charge on any atom is 0.189 e. The van der Waals surface area contributed by atoms with Crippen molar-refractivity contribution in [3.05, 3.63) is 45.2 Å². The van der Waals surface area contributed by atoms with Gasteiger partial charge in [0.1, 0.15) is 0 Å². The minimum atomic E-state index is 0.0643. The Labute approximate surface area is 83.9 Å². The van der Waals surface area contributed by atoms with Gasteiger partial charge in [-0.2, -0.15) is 0 Å². The lowest BCUT2D eigenvalue weighted by molar-refractivity contribution is 0.948. The predicted molar refractivity (Wildman–Crippen MR) is 56.9 cm³/mol. The molecule has 2 aromatic rings. The van der Waals surface area contributed by atoms with Gasteiger partial charge in [-0.15, -0.1) is 0 Å². The fourth-order valence-electron chi connectivity index (χ4n) is 1.42. The first kappa shape index (κ1) is 8.51. The smallest absolute Gasteiger partial charge is 0.189 e. The number of aryl methyl sites for hydroxylation is 1. The monoisotopic (exact) mass is 237 g/mol. The zero-order valence-electron chi connectivity index (χ0n) is 7.12. The Kier molecular flexibility index (Phi) is 1.96. The topological polar surface area (TPSA) is 22.0 Å². The van der Waals surface area contributed by atoms with Gasteiger partial charge in [-0.25, -0.2) is 0 Å². The molecule has 0 saturated carbocycles. The molecule has 1 aromatic heterocycles. The van der Waals surface area contributed by atoms with Crippen LogP contribution in [0.25, 0.3) is 10.9 Å². The molecule has 0 spiro atoms. The molecule has 3 heteroatoms. The number of fused-ring (bicyclic) bond motifs is 1. The lowest BCUT2D eigenvalue weighted by Gasteiger charge is -2.05. The largest absolute Gasteiger partial charge is 0.349 e. The highest BCUT2D eigenvalue weighted by Gasteiger charge is 2.02. The lowest BCUT2D eigenvalue weighted by atomic mass is 10.2. The van der Waals surface area contributed by atoms with Crippen LogP contribution in [-0.2, 0) is 7.05 Å². The molecule has 0 amide bonds. The summed E-state index contributed by atoms with van der Waals surface area (Å²) in [5.74, 6) is 0. The van der Waals surface area contributed by atoms with E-state index in [9.17, 15) is 4.79 Å². The Bertz CT molecular complexity index is 508. The van der Waals surface area contributed by atoms with Crippen molar-refractivity contribution in [1.82, 2.24) is 4.57 Å². The van der Waals surface area contributed by atoms with Gasteiger partial charge in [-0.05, 0) is 28.1 Å². The minimum absolute atomic E-state index is 0.0643. The summed E-state index contributed by atoms with van der Waals surface area (Å²) in [5.41, 5.74) is 1.00. The van der Waals surface area contributed by atoms with Crippen LogP contribution in [0.15, 0.2) is 39.7 Å². The maximum absolute atomic E-state index is 11.4. The third-order valence-corrected chi connectivity index (χ3v) is 2.69. The first-order valence-electron chi connectivity index (χ1n) is 3.94. The second kappa shape index (κ2) is 3.00. The fourth-order valence-corrected chi connectivity index (χ4v) is 2.06. The first-order chi connectivity index (χ1) is 6.20. The Morgan fingerprint density at radius 3 is 2.77 bits per heavy atom. The quantitative estimate of drug-likeness (QED) is 0.690. The van der Waals surface area contributed by atoms with Crippen molar-refractivity contribution in [3.63, 3.8) is 0 Å². The molecule has 0 aliphatic carbocycles. The number of aromatic nitrogens is 1. The van der Waals surface area contributed by atoms with Crippen molar-refractivity contribution in [2.45, 2.75) is 0 Å². The van der Waals surface area contributed by atoms with Crippen molar-refractivity contribution >= 4 is 26.8 Å². The minimum Gasteiger partial charge on any atom is -0.349 e. The summed E-state index contributed by atoms with van der Waals surface area (Å²) in [7, 11) is 1.92. The molecule has 0 atom stereocenters. The first-order valence-corrected chi connectivity index (χ1v) is 4.73. The van der Waals surface area contributed by atoms with E-state index in [-0.39, 0.29) is 5.43 Å². The lowest BCUT2D eigenvalue weighted by Crippen LogP contribution is -2.05. The third-order valence-electron chi connectivity index (χ3n) is 2.05. The van der Waals surface area contributed by atoms with Crippen LogP contribution < -0.4 is 5.43 Å². The zero-order valence-corrected chi connectivity index (χ0v) is 8.71. The summed E-state index contributed by atoms with van der Waals surface area (Å²) >= 11 is 3.42. The van der Waals surface area contributed by atoms with E-state index in [2.05, 4.69) is 15.9 Å². The second-order valence-electron chi connectivity index (χ2n) is 2.93. The molecule has 0 unspecified atom stereocenters. The van der Waals surface area contributed by atoms with Gasteiger partial charge in [0.05, 0.1) is 5.52 Å². The fraction of sp³-hybridized carbons (Fsp3) is 0.100. The molecule has 1 aromatic carbocycles. The molecule has 0 bridgehead atoms. The van der Waals surface area contributed by atoms with Crippen LogP contribution in [0.4, 0.5) is 0 Å². The van der Waals surface area contributed by atoms with Crippen LogP contribution in [0, 0.1) is 0 Å². The molecule has 0 radical (unpaired) electrons. The van der Waals surface area contributed by atoms with E-state index in [0.29, 0.717) is 0 Å². The van der Waals surface area contributed by atoms with Gasteiger partial charge in [0.15, 0.2) is 5.43 Å². The standard InChI is InChI=1S/C10H8BrNO/c1-12-6-5-9(13)7-3-2-4-8(11)10(7)12/h2-6H,1H3. The Morgan fingerprint density at radius 2 is 2.08 bits per heavy atom. The molecule has 13 heavy (non-hydrogen) atoms. The Hall–Kier alpha value is -1.09. The summed E-state index contributed by atoms with van der Waals surface area (Å²) in [5, 5.41) is 0.749. The number of rotatable bonds is 0. The van der Waals surface area contributed by atoms with Crippen LogP contribution in [0.3, 0.4) is 0 Å². The normalized spacial score (nSPS) is 10.6. The molecule has 0 fully saturated rings. The van der Waals surface area contributed by atoms with Gasteiger partial charge in [-0.1, -0.05) is 6.07 Å². The average Bonchev–Trinajstić information content (AvgIpc) is 2.12. The van der Waals surface area contributed by atoms with E-state index in [1.807, 2.05) is 29.8 Å². The molecule has 0 N–H and O–H groups in total. The molecule has 1 heterocycles. The number of benzene rings is 1. The summed E-state index contributed by atoms with van der Waals surface area (Å²) < 4.78 is 2.88. The van der Waals surface area contributed by atoms with Crippen molar-refractivity contribution in [3.8, 4) is 0 Å². The van der Waals surface area contributed by atoms with Gasteiger partial charge < -0.3 is 4.57 Å². The van der Waals surface area contributed by atoms with Crippen LogP contribution in [-0.4, -0.2) is 4.57 Å². The van der Waals surface area contributed by atoms with E-state index >= 15 is 0 Å². The number of para-hydroxylation sites is 1. The molecule has 0 aliphatic rings. The number of hydrogen-bond donors (Lipinski definition) is 0. The van der Waals surface area contributed by atoms with Crippen molar-refractivity contribution < 1.29 is 0 Å². The van der Waals surface area contributed by atoms with Gasteiger partial charge in [0, 0.05) is 29.2 Å². The van der Waals surface area contributed by atoms with Gasteiger partial charge >= 0.3 is 0 Å². The Balaban J connectivity index is 3.09. The molecule has 2 nitrogen and oxygen atoms in total. The molecular formula is C10H8BrNO. The summed E-state index contributed by atoms with van der Waals surface area (Å²) in [6.07, 6.45) is 1.77. The van der Waals surface area contributed by atoms with Crippen LogP contribution in [0.5, 0.6) is 0 Å². The maximum atomic E-state index is 11.4. The second-order valence-corrected chi connectivity index (χ2v) is 3.78. The number of hydrogen-bond acceptors (Lipinski definition) is 1. The van der Waals surface area contributed by atoms with Crippen LogP contribution >= 0.6 is 15.9 Å². The number of nitrogens with zero attached hydrogens (tertiary/aromatic N) is 1. The van der Waals surface area contributed by atoms with E-state index < -0.39 is 0 Å². The highest BCUT2D eigenvalue weighted by Crippen LogP contribution is 2.20. The van der Waals surface area contributed by atoms with Crippen LogP contribution in [0.2, 0.25) is 0 Å². The van der Waals surface area contributed by atoms with E-state index in [1.54, 1.807) is 12.3 Å². The van der Waals surface area contributed by atoms with Gasteiger partial charge in [-0.3, -0.25) is 4.79 Å². The molecular weight excluding hydrogens is 230 g/mol. The highest BCUT2D eigenvalue weighted by molar-refractivity contribution is 9.10. The summed E-state index contributed by atoms with van der Waals surface area (Å²) in [4.78, 5) is 11.4. The average molecular weight is 238 g/mol. The highest BCUT2D eigenvalue weighted by atomic mass is 79.9. The molecule has 2 rings (SSSR count). The summed E-state index contributed by atoms with van der Waals surface area (Å²) in [6, 6.07) is 7.22. The van der Waals surface area contributed by atoms with Crippen molar-refractivity contribution in [2.75, 3.05) is 0 Å². The van der Waals surface area contributed by atoms with Crippen LogP contribution in [0.1, 0.15) is 0 Å². The number of pyridine rings is 1. The molecule has 0 aliphatic heterocycles. The number of halogens is 1. The third kappa shape index (κ3) is 1.29. The summed E-state index contributed by atoms with van der Waals surface area (Å²) in [6.45, 7) is 0. The molecule has 0 saturated heterocycles. The van der Waals surface area contributed by atoms with Crippen molar-refractivity contribution in [1.29, 1.82) is 0 Å². The van der Waals surface area contributed by atoms with E-state index in [1.165, 1.54) is 0 Å². The zero-order chi connectivity index (χ0) is 9.42. The van der Waals surface area contributed by atoms with E-state index in [4.69, 9.17) is 0 Å².